The predicted octanol–water partition coefficient (Wildman–Crippen LogP) is 3.28. The van der Waals surface area contributed by atoms with Crippen LogP contribution >= 0.6 is 23.4 Å². The molecule has 0 unspecified atom stereocenters. The molecule has 0 spiro atoms. The van der Waals surface area contributed by atoms with E-state index in [1.807, 2.05) is 12.1 Å². The third-order valence-electron chi connectivity index (χ3n) is 2.32. The highest BCUT2D eigenvalue weighted by Crippen LogP contribution is 2.20. The molecule has 0 fully saturated rings. The number of amides is 1. The monoisotopic (exact) mass is 329 g/mol. The van der Waals surface area contributed by atoms with Gasteiger partial charge in [-0.2, -0.15) is 0 Å². The van der Waals surface area contributed by atoms with Crippen molar-refractivity contribution in [3.63, 3.8) is 0 Å². The minimum Gasteiger partial charge on any atom is -0.458 e. The maximum absolute atomic E-state index is 11.8. The van der Waals surface area contributed by atoms with Gasteiger partial charge in [0, 0.05) is 9.92 Å². The molecule has 4 nitrogen and oxygen atoms in total. The van der Waals surface area contributed by atoms with Gasteiger partial charge in [0.2, 0.25) is 5.91 Å². The van der Waals surface area contributed by atoms with Gasteiger partial charge in [0.25, 0.3) is 0 Å². The smallest absolute Gasteiger partial charge is 0.328 e. The van der Waals surface area contributed by atoms with E-state index in [0.717, 1.165) is 4.90 Å². The molecular weight excluding hydrogens is 310 g/mol. The summed E-state index contributed by atoms with van der Waals surface area (Å²) in [7, 11) is 0. The molecule has 0 aliphatic heterocycles. The molecule has 0 heterocycles. The molecule has 0 radical (unpaired) electrons. The summed E-state index contributed by atoms with van der Waals surface area (Å²) < 4.78 is 5.20. The summed E-state index contributed by atoms with van der Waals surface area (Å²) in [5.41, 5.74) is -0.561. The van der Waals surface area contributed by atoms with Crippen molar-refractivity contribution in [3.8, 4) is 0 Å². The molecule has 0 aliphatic rings. The largest absolute Gasteiger partial charge is 0.458 e. The Balaban J connectivity index is 2.39. The highest BCUT2D eigenvalue weighted by Gasteiger charge is 2.22. The molecule has 1 atom stereocenters. The van der Waals surface area contributed by atoms with E-state index in [9.17, 15) is 9.59 Å². The van der Waals surface area contributed by atoms with Gasteiger partial charge in [0.1, 0.15) is 11.6 Å². The highest BCUT2D eigenvalue weighted by atomic mass is 35.5. The quantitative estimate of drug-likeness (QED) is 0.665. The van der Waals surface area contributed by atoms with Crippen molar-refractivity contribution in [1.29, 1.82) is 0 Å². The van der Waals surface area contributed by atoms with E-state index in [4.69, 9.17) is 16.3 Å². The second-order valence-corrected chi connectivity index (χ2v) is 7.05. The molecule has 0 saturated heterocycles. The first-order valence-electron chi connectivity index (χ1n) is 6.58. The fourth-order valence-electron chi connectivity index (χ4n) is 1.41. The summed E-state index contributed by atoms with van der Waals surface area (Å²) in [6.07, 6.45) is 0. The predicted molar refractivity (Wildman–Crippen MR) is 85.6 cm³/mol. The topological polar surface area (TPSA) is 55.4 Å². The number of rotatable bonds is 5. The summed E-state index contributed by atoms with van der Waals surface area (Å²) in [5.74, 6) is -0.421. The molecule has 0 aromatic heterocycles. The summed E-state index contributed by atoms with van der Waals surface area (Å²) in [4.78, 5) is 24.5. The van der Waals surface area contributed by atoms with E-state index >= 15 is 0 Å². The van der Waals surface area contributed by atoms with Crippen molar-refractivity contribution in [1.82, 2.24) is 5.32 Å². The highest BCUT2D eigenvalue weighted by molar-refractivity contribution is 8.00. The normalized spacial score (nSPS) is 12.6. The summed E-state index contributed by atoms with van der Waals surface area (Å²) in [6.45, 7) is 6.97. The number of carbonyl (C=O) groups excluding carboxylic acids is 2. The third-order valence-corrected chi connectivity index (χ3v) is 3.59. The lowest BCUT2D eigenvalue weighted by Crippen LogP contribution is -2.42. The molecule has 116 valence electrons. The van der Waals surface area contributed by atoms with Crippen LogP contribution < -0.4 is 5.32 Å². The van der Waals surface area contributed by atoms with Crippen LogP contribution in [0, 0.1) is 0 Å². The van der Waals surface area contributed by atoms with E-state index in [0.29, 0.717) is 5.02 Å². The van der Waals surface area contributed by atoms with Gasteiger partial charge in [-0.05, 0) is 52.0 Å². The number of esters is 1. The van der Waals surface area contributed by atoms with Crippen molar-refractivity contribution in [3.05, 3.63) is 29.3 Å². The summed E-state index contributed by atoms with van der Waals surface area (Å²) in [5, 5.41) is 3.28. The first-order valence-corrected chi connectivity index (χ1v) is 7.94. The van der Waals surface area contributed by atoms with Crippen LogP contribution in [0.1, 0.15) is 27.7 Å². The van der Waals surface area contributed by atoms with Gasteiger partial charge in [0.05, 0.1) is 5.75 Å². The number of nitrogens with one attached hydrogen (secondary N) is 1. The maximum Gasteiger partial charge on any atom is 0.328 e. The zero-order chi connectivity index (χ0) is 16.0. The second kappa shape index (κ2) is 7.71. The van der Waals surface area contributed by atoms with Crippen LogP contribution in [0.5, 0.6) is 0 Å². The van der Waals surface area contributed by atoms with Gasteiger partial charge in [-0.1, -0.05) is 11.6 Å². The fraction of sp³-hybridized carbons (Fsp3) is 0.467. The zero-order valence-corrected chi connectivity index (χ0v) is 14.2. The molecular formula is C15H20ClNO3S. The number of hydrogen-bond acceptors (Lipinski definition) is 4. The Bertz CT molecular complexity index is 497. The Morgan fingerprint density at radius 2 is 1.86 bits per heavy atom. The van der Waals surface area contributed by atoms with E-state index in [-0.39, 0.29) is 11.7 Å². The third kappa shape index (κ3) is 7.39. The molecule has 1 rings (SSSR count). The molecule has 1 N–H and O–H groups in total. The van der Waals surface area contributed by atoms with Crippen molar-refractivity contribution >= 4 is 35.2 Å². The van der Waals surface area contributed by atoms with Crippen molar-refractivity contribution in [2.75, 3.05) is 5.75 Å². The minimum absolute atomic E-state index is 0.215. The minimum atomic E-state index is -0.664. The van der Waals surface area contributed by atoms with Crippen LogP contribution in [0.4, 0.5) is 0 Å². The molecule has 1 aromatic rings. The van der Waals surface area contributed by atoms with Gasteiger partial charge in [-0.25, -0.2) is 4.79 Å². The maximum atomic E-state index is 11.8. The molecule has 0 saturated carbocycles. The fourth-order valence-corrected chi connectivity index (χ4v) is 2.25. The van der Waals surface area contributed by atoms with Crippen LogP contribution in [0.3, 0.4) is 0 Å². The Hall–Kier alpha value is -1.20. The number of hydrogen-bond donors (Lipinski definition) is 1. The van der Waals surface area contributed by atoms with Crippen molar-refractivity contribution in [2.45, 2.75) is 44.2 Å². The number of thioether (sulfide) groups is 1. The molecule has 0 aliphatic carbocycles. The Labute approximate surface area is 134 Å². The van der Waals surface area contributed by atoms with E-state index < -0.39 is 17.6 Å². The van der Waals surface area contributed by atoms with Gasteiger partial charge in [-0.3, -0.25) is 4.79 Å². The van der Waals surface area contributed by atoms with Gasteiger partial charge in [0.15, 0.2) is 0 Å². The van der Waals surface area contributed by atoms with Crippen molar-refractivity contribution in [2.24, 2.45) is 0 Å². The summed E-state index contributed by atoms with van der Waals surface area (Å²) in [6, 6.07) is 6.56. The van der Waals surface area contributed by atoms with Crippen molar-refractivity contribution < 1.29 is 14.3 Å². The van der Waals surface area contributed by atoms with Crippen LogP contribution in [0.25, 0.3) is 0 Å². The lowest BCUT2D eigenvalue weighted by molar-refractivity contribution is -0.157. The Morgan fingerprint density at radius 3 is 2.38 bits per heavy atom. The van der Waals surface area contributed by atoms with E-state index in [2.05, 4.69) is 5.32 Å². The number of ether oxygens (including phenoxy) is 1. The molecule has 0 bridgehead atoms. The van der Waals surface area contributed by atoms with Crippen LogP contribution in [-0.2, 0) is 14.3 Å². The molecule has 1 aromatic carbocycles. The first-order chi connectivity index (χ1) is 9.67. The lowest BCUT2D eigenvalue weighted by atomic mass is 10.2. The number of halogens is 1. The zero-order valence-electron chi connectivity index (χ0n) is 12.6. The van der Waals surface area contributed by atoms with Crippen LogP contribution in [0.2, 0.25) is 5.02 Å². The standard InChI is InChI=1S/C15H20ClNO3S/c1-10(14(19)20-15(2,3)4)17-13(18)9-21-12-7-5-11(16)6-8-12/h5-8,10H,9H2,1-4H3,(H,17,18)/t10-/m0/s1. The first kappa shape index (κ1) is 17.9. The SMILES string of the molecule is C[C@H](NC(=O)CSc1ccc(Cl)cc1)C(=O)OC(C)(C)C. The average molecular weight is 330 g/mol. The summed E-state index contributed by atoms with van der Waals surface area (Å²) >= 11 is 7.17. The molecule has 21 heavy (non-hydrogen) atoms. The van der Waals surface area contributed by atoms with E-state index in [1.165, 1.54) is 11.8 Å². The van der Waals surface area contributed by atoms with Crippen LogP contribution in [-0.4, -0.2) is 29.3 Å². The Morgan fingerprint density at radius 1 is 1.29 bits per heavy atom. The average Bonchev–Trinajstić information content (AvgIpc) is 2.36. The lowest BCUT2D eigenvalue weighted by Gasteiger charge is -2.22. The molecule has 1 amide bonds. The van der Waals surface area contributed by atoms with Gasteiger partial charge >= 0.3 is 5.97 Å². The van der Waals surface area contributed by atoms with Crippen LogP contribution in [0.15, 0.2) is 29.2 Å². The second-order valence-electron chi connectivity index (χ2n) is 5.57. The van der Waals surface area contributed by atoms with Gasteiger partial charge < -0.3 is 10.1 Å². The van der Waals surface area contributed by atoms with E-state index in [1.54, 1.807) is 39.8 Å². The number of carbonyl (C=O) groups is 2. The Kier molecular flexibility index (Phi) is 6.55. The molecule has 6 heteroatoms. The number of benzene rings is 1. The van der Waals surface area contributed by atoms with Gasteiger partial charge in [-0.15, -0.1) is 11.8 Å².